The third-order valence-electron chi connectivity index (χ3n) is 3.53. The Kier molecular flexibility index (Phi) is 5.24. The first-order valence-electron chi connectivity index (χ1n) is 7.38. The van der Waals surface area contributed by atoms with Crippen molar-refractivity contribution in [2.45, 2.75) is 46.7 Å². The molecule has 5 nitrogen and oxygen atoms in total. The highest BCUT2D eigenvalue weighted by atomic mass is 32.1. The van der Waals surface area contributed by atoms with Crippen molar-refractivity contribution in [3.8, 4) is 11.3 Å². The maximum Gasteiger partial charge on any atom is 0.307 e. The van der Waals surface area contributed by atoms with Gasteiger partial charge in [0.15, 0.2) is 5.13 Å². The Morgan fingerprint density at radius 3 is 2.82 bits per heavy atom. The third kappa shape index (κ3) is 3.68. The first-order chi connectivity index (χ1) is 10.4. The molecule has 0 saturated carbocycles. The zero-order valence-electron chi connectivity index (χ0n) is 13.8. The van der Waals surface area contributed by atoms with Gasteiger partial charge in [-0.2, -0.15) is 0 Å². The third-order valence-corrected chi connectivity index (χ3v) is 4.31. The van der Waals surface area contributed by atoms with Gasteiger partial charge < -0.3 is 14.6 Å². The van der Waals surface area contributed by atoms with Crippen molar-refractivity contribution >= 4 is 22.4 Å². The molecule has 2 heterocycles. The van der Waals surface area contributed by atoms with Gasteiger partial charge in [-0.1, -0.05) is 0 Å². The van der Waals surface area contributed by atoms with E-state index in [1.807, 2.05) is 6.92 Å². The minimum atomic E-state index is -0.189. The molecule has 6 heteroatoms. The second-order valence-electron chi connectivity index (χ2n) is 5.60. The molecule has 0 spiro atoms. The molecule has 0 radical (unpaired) electrons. The second kappa shape index (κ2) is 6.96. The summed E-state index contributed by atoms with van der Waals surface area (Å²) in [6.07, 6.45) is 0.378. The van der Waals surface area contributed by atoms with Crippen LogP contribution >= 0.6 is 11.3 Å². The van der Waals surface area contributed by atoms with Crippen molar-refractivity contribution < 1.29 is 9.53 Å². The molecular formula is C16H23N3O2S. The van der Waals surface area contributed by atoms with Crippen LogP contribution < -0.4 is 5.32 Å². The first-order valence-corrected chi connectivity index (χ1v) is 8.26. The van der Waals surface area contributed by atoms with Crippen LogP contribution in [0.3, 0.4) is 0 Å². The molecule has 0 fully saturated rings. The number of rotatable bonds is 6. The topological polar surface area (TPSA) is 56.1 Å². The predicted molar refractivity (Wildman–Crippen MR) is 90.4 cm³/mol. The van der Waals surface area contributed by atoms with Gasteiger partial charge in [0.1, 0.15) is 0 Å². The number of aromatic nitrogens is 2. The van der Waals surface area contributed by atoms with Crippen LogP contribution in [0.15, 0.2) is 11.4 Å². The lowest BCUT2D eigenvalue weighted by Gasteiger charge is -2.08. The molecule has 2 aromatic heterocycles. The summed E-state index contributed by atoms with van der Waals surface area (Å²) in [5, 5.41) is 6.32. The first kappa shape index (κ1) is 16.5. The van der Waals surface area contributed by atoms with E-state index in [-0.39, 0.29) is 5.97 Å². The normalized spacial score (nSPS) is 11.0. The highest BCUT2D eigenvalue weighted by Gasteiger charge is 2.14. The molecule has 0 saturated heterocycles. The van der Waals surface area contributed by atoms with Crippen molar-refractivity contribution in [2.75, 3.05) is 12.4 Å². The Labute approximate surface area is 135 Å². The maximum atomic E-state index is 11.3. The van der Waals surface area contributed by atoms with E-state index in [0.717, 1.165) is 27.8 Å². The SMILES string of the molecule is COC(=O)CCn1c(C)cc(-c2csc(NC(C)C)n2)c1C. The van der Waals surface area contributed by atoms with E-state index in [1.54, 1.807) is 11.3 Å². The maximum absolute atomic E-state index is 11.3. The lowest BCUT2D eigenvalue weighted by atomic mass is 10.2. The molecule has 22 heavy (non-hydrogen) atoms. The number of carbonyl (C=O) groups is 1. The molecule has 0 aliphatic heterocycles. The van der Waals surface area contributed by atoms with Crippen LogP contribution in [-0.4, -0.2) is 28.7 Å². The van der Waals surface area contributed by atoms with Crippen molar-refractivity contribution in [2.24, 2.45) is 0 Å². The second-order valence-corrected chi connectivity index (χ2v) is 6.46. The summed E-state index contributed by atoms with van der Waals surface area (Å²) in [7, 11) is 1.42. The fourth-order valence-corrected chi connectivity index (χ4v) is 3.28. The van der Waals surface area contributed by atoms with Gasteiger partial charge in [0.25, 0.3) is 0 Å². The van der Waals surface area contributed by atoms with Crippen LogP contribution in [0.1, 0.15) is 31.7 Å². The van der Waals surface area contributed by atoms with E-state index >= 15 is 0 Å². The molecule has 1 N–H and O–H groups in total. The number of ether oxygens (including phenoxy) is 1. The number of hydrogen-bond acceptors (Lipinski definition) is 5. The van der Waals surface area contributed by atoms with Crippen LogP contribution in [-0.2, 0) is 16.1 Å². The van der Waals surface area contributed by atoms with Crippen molar-refractivity contribution in [1.29, 1.82) is 0 Å². The highest BCUT2D eigenvalue weighted by molar-refractivity contribution is 7.14. The summed E-state index contributed by atoms with van der Waals surface area (Å²) in [5.74, 6) is -0.189. The largest absolute Gasteiger partial charge is 0.469 e. The van der Waals surface area contributed by atoms with Gasteiger partial charge in [-0.05, 0) is 33.8 Å². The lowest BCUT2D eigenvalue weighted by Crippen LogP contribution is -2.09. The Morgan fingerprint density at radius 1 is 1.45 bits per heavy atom. The molecular weight excluding hydrogens is 298 g/mol. The van der Waals surface area contributed by atoms with E-state index in [0.29, 0.717) is 19.0 Å². The molecule has 2 aromatic rings. The van der Waals surface area contributed by atoms with Crippen LogP contribution in [0.4, 0.5) is 5.13 Å². The Balaban J connectivity index is 2.22. The minimum absolute atomic E-state index is 0.189. The molecule has 0 aromatic carbocycles. The summed E-state index contributed by atoms with van der Waals surface area (Å²) < 4.78 is 6.85. The van der Waals surface area contributed by atoms with Crippen LogP contribution in [0.5, 0.6) is 0 Å². The average Bonchev–Trinajstić information content (AvgIpc) is 3.01. The van der Waals surface area contributed by atoms with Gasteiger partial charge in [0.05, 0.1) is 19.2 Å². The molecule has 2 rings (SSSR count). The molecule has 0 unspecified atom stereocenters. The summed E-state index contributed by atoms with van der Waals surface area (Å²) >= 11 is 1.61. The zero-order valence-corrected chi connectivity index (χ0v) is 14.6. The molecule has 0 bridgehead atoms. The number of methoxy groups -OCH3 is 1. The fourth-order valence-electron chi connectivity index (χ4n) is 2.42. The standard InChI is InChI=1S/C16H23N3O2S/c1-10(2)17-16-18-14(9-22-16)13-8-11(3)19(12(13)4)7-6-15(20)21-5/h8-10H,6-7H2,1-5H3,(H,17,18). The number of esters is 1. The molecule has 0 atom stereocenters. The number of aryl methyl sites for hydroxylation is 1. The smallest absolute Gasteiger partial charge is 0.307 e. The molecule has 0 aliphatic carbocycles. The average molecular weight is 321 g/mol. The number of hydrogen-bond donors (Lipinski definition) is 1. The van der Waals surface area contributed by atoms with Crippen LogP contribution in [0, 0.1) is 13.8 Å². The lowest BCUT2D eigenvalue weighted by molar-refractivity contribution is -0.140. The van der Waals surface area contributed by atoms with E-state index < -0.39 is 0 Å². The summed E-state index contributed by atoms with van der Waals surface area (Å²) in [4.78, 5) is 16.0. The fraction of sp³-hybridized carbons (Fsp3) is 0.500. The van der Waals surface area contributed by atoms with Gasteiger partial charge in [-0.15, -0.1) is 11.3 Å². The van der Waals surface area contributed by atoms with Crippen LogP contribution in [0.25, 0.3) is 11.3 Å². The summed E-state index contributed by atoms with van der Waals surface area (Å²) in [6.45, 7) is 8.94. The van der Waals surface area contributed by atoms with Crippen molar-refractivity contribution in [3.05, 3.63) is 22.8 Å². The Hall–Kier alpha value is -1.82. The molecule has 0 amide bonds. The van der Waals surface area contributed by atoms with E-state index in [9.17, 15) is 4.79 Å². The quantitative estimate of drug-likeness (QED) is 0.826. The number of nitrogens with one attached hydrogen (secondary N) is 1. The number of thiazole rings is 1. The van der Waals surface area contributed by atoms with Crippen LogP contribution in [0.2, 0.25) is 0 Å². The predicted octanol–water partition coefficient (Wildman–Crippen LogP) is 3.61. The Bertz CT molecular complexity index is 658. The van der Waals surface area contributed by atoms with Crippen molar-refractivity contribution in [3.63, 3.8) is 0 Å². The van der Waals surface area contributed by atoms with Gasteiger partial charge in [-0.25, -0.2) is 4.98 Å². The number of anilines is 1. The van der Waals surface area contributed by atoms with Gasteiger partial charge in [0, 0.05) is 34.9 Å². The zero-order chi connectivity index (χ0) is 16.3. The summed E-state index contributed by atoms with van der Waals surface area (Å²) in [5.41, 5.74) is 4.35. The van der Waals surface area contributed by atoms with E-state index in [2.05, 4.69) is 47.1 Å². The number of nitrogens with zero attached hydrogens (tertiary/aromatic N) is 2. The minimum Gasteiger partial charge on any atom is -0.469 e. The molecule has 0 aliphatic rings. The summed E-state index contributed by atoms with van der Waals surface area (Å²) in [6, 6.07) is 2.49. The monoisotopic (exact) mass is 321 g/mol. The Morgan fingerprint density at radius 2 is 2.18 bits per heavy atom. The van der Waals surface area contributed by atoms with Gasteiger partial charge >= 0.3 is 5.97 Å². The van der Waals surface area contributed by atoms with E-state index in [4.69, 9.17) is 4.74 Å². The number of carbonyl (C=O) groups excluding carboxylic acids is 1. The van der Waals surface area contributed by atoms with E-state index in [1.165, 1.54) is 7.11 Å². The van der Waals surface area contributed by atoms with Gasteiger partial charge in [0.2, 0.25) is 0 Å². The van der Waals surface area contributed by atoms with Crippen molar-refractivity contribution in [1.82, 2.24) is 9.55 Å². The molecule has 120 valence electrons. The highest BCUT2D eigenvalue weighted by Crippen LogP contribution is 2.30. The van der Waals surface area contributed by atoms with Gasteiger partial charge in [-0.3, -0.25) is 4.79 Å².